The van der Waals surface area contributed by atoms with Crippen LogP contribution in [0.25, 0.3) is 0 Å². The van der Waals surface area contributed by atoms with Crippen LogP contribution in [0.3, 0.4) is 0 Å². The Labute approximate surface area is 139 Å². The molecule has 0 amide bonds. The Morgan fingerprint density at radius 2 is 1.71 bits per heavy atom. The molecule has 0 spiro atoms. The van der Waals surface area contributed by atoms with E-state index < -0.39 is 0 Å². The summed E-state index contributed by atoms with van der Waals surface area (Å²) in [5.74, 6) is 1.68. The lowest BCUT2D eigenvalue weighted by Crippen LogP contribution is -2.37. The number of allylic oxidation sites excluding steroid dienone is 1. The zero-order valence-electron chi connectivity index (χ0n) is 11.9. The van der Waals surface area contributed by atoms with Crippen LogP contribution < -0.4 is 0 Å². The summed E-state index contributed by atoms with van der Waals surface area (Å²) in [5.41, 5.74) is 0.700. The van der Waals surface area contributed by atoms with Crippen molar-refractivity contribution in [2.45, 2.75) is 31.8 Å². The number of halogens is 3. The van der Waals surface area contributed by atoms with Gasteiger partial charge in [0.1, 0.15) is 15.6 Å². The van der Waals surface area contributed by atoms with Crippen molar-refractivity contribution in [3.05, 3.63) is 39.4 Å². The van der Waals surface area contributed by atoms with Crippen LogP contribution in [0.2, 0.25) is 15.1 Å². The van der Waals surface area contributed by atoms with Gasteiger partial charge in [0.05, 0.1) is 5.92 Å². The predicted octanol–water partition coefficient (Wildman–Crippen LogP) is 5.73. The zero-order valence-corrected chi connectivity index (χ0v) is 14.1. The second-order valence-corrected chi connectivity index (χ2v) is 8.03. The van der Waals surface area contributed by atoms with Gasteiger partial charge in [-0.1, -0.05) is 51.7 Å². The molecule has 1 aromatic rings. The van der Waals surface area contributed by atoms with E-state index in [0.29, 0.717) is 38.9 Å². The number of nitrogens with zero attached hydrogens (tertiary/aromatic N) is 2. The number of fused-ring (bicyclic) bond motifs is 5. The highest BCUT2D eigenvalue weighted by Crippen LogP contribution is 2.56. The van der Waals surface area contributed by atoms with E-state index in [4.69, 9.17) is 39.9 Å². The van der Waals surface area contributed by atoms with E-state index >= 15 is 0 Å². The standard InChI is InChI=1S/C16H16Cl3N2/c1-16(2)13-8-3-4-9(5-8)14(13)21(20-16)15-11(18)6-10(17)7-12(15)19/h3-4,6-9,13-14H,5H2,1-2H3/q+1/t8-,9+,13+,14-/m1/s1. The van der Waals surface area contributed by atoms with E-state index in [1.54, 1.807) is 12.1 Å². The van der Waals surface area contributed by atoms with E-state index in [2.05, 4.69) is 30.7 Å². The van der Waals surface area contributed by atoms with Crippen molar-refractivity contribution in [3.63, 3.8) is 0 Å². The smallest absolute Gasteiger partial charge is 0.0842 e. The third-order valence-corrected chi connectivity index (χ3v) is 5.89. The van der Waals surface area contributed by atoms with Gasteiger partial charge in [0.25, 0.3) is 5.69 Å². The first-order valence-electron chi connectivity index (χ1n) is 7.23. The van der Waals surface area contributed by atoms with Gasteiger partial charge in [0, 0.05) is 10.9 Å². The average Bonchev–Trinajstić information content (AvgIpc) is 3.01. The molecule has 1 aromatic carbocycles. The quantitative estimate of drug-likeness (QED) is 0.458. The third kappa shape index (κ3) is 1.92. The highest BCUT2D eigenvalue weighted by Gasteiger charge is 2.63. The van der Waals surface area contributed by atoms with E-state index in [-0.39, 0.29) is 5.54 Å². The second kappa shape index (κ2) is 4.47. The molecule has 110 valence electrons. The van der Waals surface area contributed by atoms with Crippen molar-refractivity contribution in [1.82, 2.24) is 0 Å². The Kier molecular flexibility index (Phi) is 2.99. The lowest BCUT2D eigenvalue weighted by Gasteiger charge is -2.24. The van der Waals surface area contributed by atoms with Gasteiger partial charge in [-0.25, -0.2) is 0 Å². The summed E-state index contributed by atoms with van der Waals surface area (Å²) >= 11 is 18.9. The highest BCUT2D eigenvalue weighted by molar-refractivity contribution is 6.41. The topological polar surface area (TPSA) is 15.4 Å². The molecule has 0 aromatic heterocycles. The minimum Gasteiger partial charge on any atom is -0.0842 e. The average molecular weight is 343 g/mol. The predicted molar refractivity (Wildman–Crippen MR) is 85.9 cm³/mol. The molecule has 4 rings (SSSR count). The molecule has 2 nitrogen and oxygen atoms in total. The first kappa shape index (κ1) is 14.0. The zero-order chi connectivity index (χ0) is 14.9. The molecule has 0 saturated heterocycles. The number of azo groups is 2. The number of benzene rings is 1. The maximum Gasteiger partial charge on any atom is 0.268 e. The molecule has 21 heavy (non-hydrogen) atoms. The molecule has 2 aliphatic carbocycles. The van der Waals surface area contributed by atoms with E-state index in [1.807, 2.05) is 0 Å². The summed E-state index contributed by atoms with van der Waals surface area (Å²) in [6, 6.07) is 3.83. The Bertz CT molecular complexity index is 670. The maximum absolute atomic E-state index is 6.41. The Morgan fingerprint density at radius 3 is 2.38 bits per heavy atom. The summed E-state index contributed by atoms with van der Waals surface area (Å²) in [6.45, 7) is 4.41. The van der Waals surface area contributed by atoms with E-state index in [0.717, 1.165) is 5.69 Å². The molecule has 2 bridgehead atoms. The Balaban J connectivity index is 1.88. The van der Waals surface area contributed by atoms with Crippen molar-refractivity contribution in [2.75, 3.05) is 0 Å². The summed E-state index contributed by atoms with van der Waals surface area (Å²) in [5, 5.41) is 6.64. The van der Waals surface area contributed by atoms with Gasteiger partial charge >= 0.3 is 0 Å². The Hall–Kier alpha value is -0.570. The van der Waals surface area contributed by atoms with Crippen molar-refractivity contribution in [1.29, 1.82) is 0 Å². The molecule has 1 heterocycles. The number of rotatable bonds is 1. The van der Waals surface area contributed by atoms with Crippen molar-refractivity contribution in [2.24, 2.45) is 22.9 Å². The van der Waals surface area contributed by atoms with E-state index in [9.17, 15) is 0 Å². The van der Waals surface area contributed by atoms with Crippen LogP contribution >= 0.6 is 34.8 Å². The molecular formula is C16H16Cl3N2+. The largest absolute Gasteiger partial charge is 0.268 e. The molecule has 0 N–H and O–H groups in total. The molecule has 0 unspecified atom stereocenters. The number of hydrogen-bond donors (Lipinski definition) is 0. The molecule has 1 saturated carbocycles. The molecule has 3 aliphatic rings. The Morgan fingerprint density at radius 1 is 1.10 bits per heavy atom. The highest BCUT2D eigenvalue weighted by atomic mass is 35.5. The maximum atomic E-state index is 6.41. The van der Waals surface area contributed by atoms with Gasteiger partial charge < -0.3 is 0 Å². The SMILES string of the molecule is CC1(C)N=[N+](c2c(Cl)cc(Cl)cc2Cl)[C@H]2[C@@H]1[C@@H]1C=C[C@H]2C1. The molecule has 4 atom stereocenters. The second-order valence-electron chi connectivity index (χ2n) is 6.78. The first-order valence-corrected chi connectivity index (χ1v) is 8.37. The van der Waals surface area contributed by atoms with Gasteiger partial charge in [0.2, 0.25) is 0 Å². The molecule has 0 radical (unpaired) electrons. The van der Waals surface area contributed by atoms with Crippen molar-refractivity contribution < 1.29 is 4.70 Å². The van der Waals surface area contributed by atoms with Gasteiger partial charge in [-0.3, -0.25) is 0 Å². The van der Waals surface area contributed by atoms with Crippen LogP contribution in [0.5, 0.6) is 0 Å². The normalized spacial score (nSPS) is 35.2. The summed E-state index contributed by atoms with van der Waals surface area (Å²) < 4.78 is 2.07. The molecule has 1 fully saturated rings. The van der Waals surface area contributed by atoms with Gasteiger partial charge in [0.15, 0.2) is 6.04 Å². The van der Waals surface area contributed by atoms with Crippen LogP contribution in [0.1, 0.15) is 20.3 Å². The van der Waals surface area contributed by atoms with E-state index in [1.165, 1.54) is 6.42 Å². The van der Waals surface area contributed by atoms with Crippen LogP contribution in [0.15, 0.2) is 29.4 Å². The lowest BCUT2D eigenvalue weighted by atomic mass is 9.77. The molecule has 5 heteroatoms. The van der Waals surface area contributed by atoms with Crippen LogP contribution in [-0.2, 0) is 0 Å². The minimum atomic E-state index is -0.0961. The fourth-order valence-corrected chi connectivity index (χ4v) is 5.42. The van der Waals surface area contributed by atoms with Crippen molar-refractivity contribution in [3.8, 4) is 0 Å². The summed E-state index contributed by atoms with van der Waals surface area (Å²) in [6.07, 6.45) is 5.90. The van der Waals surface area contributed by atoms with Gasteiger partial charge in [-0.15, -0.1) is 0 Å². The first-order chi connectivity index (χ1) is 9.88. The molecular weight excluding hydrogens is 327 g/mol. The molecule has 1 aliphatic heterocycles. The third-order valence-electron chi connectivity index (χ3n) is 5.09. The fraction of sp³-hybridized carbons (Fsp3) is 0.500. The number of hydrogen-bond acceptors (Lipinski definition) is 1. The van der Waals surface area contributed by atoms with Gasteiger partial charge in [-0.05, 0) is 43.4 Å². The monoisotopic (exact) mass is 341 g/mol. The minimum absolute atomic E-state index is 0.0961. The van der Waals surface area contributed by atoms with Crippen LogP contribution in [0.4, 0.5) is 5.69 Å². The lowest BCUT2D eigenvalue weighted by molar-refractivity contribution is -0.546. The van der Waals surface area contributed by atoms with Crippen LogP contribution in [-0.4, -0.2) is 16.3 Å². The van der Waals surface area contributed by atoms with Crippen LogP contribution in [0, 0.1) is 17.8 Å². The summed E-state index contributed by atoms with van der Waals surface area (Å²) in [7, 11) is 0. The van der Waals surface area contributed by atoms with Crippen molar-refractivity contribution >= 4 is 40.5 Å². The van der Waals surface area contributed by atoms with Gasteiger partial charge in [-0.2, -0.15) is 0 Å². The fourth-order valence-electron chi connectivity index (χ4n) is 4.43. The summed E-state index contributed by atoms with van der Waals surface area (Å²) in [4.78, 5) is 0.